The Morgan fingerprint density at radius 1 is 1.29 bits per heavy atom. The van der Waals surface area contributed by atoms with Gasteiger partial charge in [-0.2, -0.15) is 4.98 Å². The molecule has 1 aromatic heterocycles. The summed E-state index contributed by atoms with van der Waals surface area (Å²) in [4.78, 5) is 8.16. The van der Waals surface area contributed by atoms with E-state index in [2.05, 4.69) is 25.9 Å². The Morgan fingerprint density at radius 3 is 2.82 bits per heavy atom. The zero-order valence-corrected chi connectivity index (χ0v) is 11.1. The molecule has 0 amide bonds. The molecular weight excluding hydrogens is 284 g/mol. The number of hydrogen-bond donors (Lipinski definition) is 0. The lowest BCUT2D eigenvalue weighted by Gasteiger charge is -2.06. The normalized spacial score (nSPS) is 10.1. The van der Waals surface area contributed by atoms with Gasteiger partial charge < -0.3 is 9.47 Å². The quantitative estimate of drug-likeness (QED) is 0.871. The molecule has 5 heteroatoms. The Kier molecular flexibility index (Phi) is 3.58. The monoisotopic (exact) mass is 294 g/mol. The largest absolute Gasteiger partial charge is 0.480 e. The fourth-order valence-electron chi connectivity index (χ4n) is 1.31. The Bertz CT molecular complexity index is 532. The van der Waals surface area contributed by atoms with E-state index in [0.29, 0.717) is 16.1 Å². The van der Waals surface area contributed by atoms with Crippen molar-refractivity contribution in [1.29, 1.82) is 0 Å². The molecule has 1 heterocycles. The van der Waals surface area contributed by atoms with Crippen LogP contribution in [0, 0.1) is 6.92 Å². The van der Waals surface area contributed by atoms with Crippen molar-refractivity contribution in [3.8, 4) is 17.6 Å². The third kappa shape index (κ3) is 2.94. The Balaban J connectivity index is 2.24. The lowest BCUT2D eigenvalue weighted by molar-refractivity contribution is 0.373. The first-order valence-electron chi connectivity index (χ1n) is 5.00. The van der Waals surface area contributed by atoms with Gasteiger partial charge in [-0.1, -0.05) is 12.1 Å². The summed E-state index contributed by atoms with van der Waals surface area (Å²) < 4.78 is 11.3. The molecule has 1 aromatic carbocycles. The van der Waals surface area contributed by atoms with Crippen molar-refractivity contribution in [2.75, 3.05) is 7.11 Å². The van der Waals surface area contributed by atoms with Gasteiger partial charge in [-0.25, -0.2) is 4.98 Å². The van der Waals surface area contributed by atoms with E-state index in [1.165, 1.54) is 0 Å². The van der Waals surface area contributed by atoms with Gasteiger partial charge in [0.15, 0.2) is 0 Å². The topological polar surface area (TPSA) is 44.2 Å². The number of aryl methyl sites for hydroxylation is 1. The SMILES string of the molecule is COc1nc(Oc2cccc(C)c2)ncc1Br. The van der Waals surface area contributed by atoms with E-state index >= 15 is 0 Å². The smallest absolute Gasteiger partial charge is 0.325 e. The highest BCUT2D eigenvalue weighted by molar-refractivity contribution is 9.10. The van der Waals surface area contributed by atoms with Gasteiger partial charge in [0.1, 0.15) is 5.75 Å². The van der Waals surface area contributed by atoms with E-state index in [-0.39, 0.29) is 6.01 Å². The Morgan fingerprint density at radius 2 is 2.12 bits per heavy atom. The fourth-order valence-corrected chi connectivity index (χ4v) is 1.67. The molecule has 2 aromatic rings. The number of ether oxygens (including phenoxy) is 2. The van der Waals surface area contributed by atoms with E-state index < -0.39 is 0 Å². The second kappa shape index (κ2) is 5.14. The Labute approximate surface area is 108 Å². The van der Waals surface area contributed by atoms with Crippen LogP contribution < -0.4 is 9.47 Å². The van der Waals surface area contributed by atoms with Gasteiger partial charge in [-0.05, 0) is 40.5 Å². The van der Waals surface area contributed by atoms with Crippen LogP contribution in [0.2, 0.25) is 0 Å². The summed E-state index contributed by atoms with van der Waals surface area (Å²) in [7, 11) is 1.55. The maximum atomic E-state index is 5.53. The third-order valence-electron chi connectivity index (χ3n) is 2.08. The molecule has 0 aliphatic carbocycles. The lowest BCUT2D eigenvalue weighted by atomic mass is 10.2. The summed E-state index contributed by atoms with van der Waals surface area (Å²) >= 11 is 3.28. The van der Waals surface area contributed by atoms with Crippen LogP contribution in [0.4, 0.5) is 0 Å². The number of aromatic nitrogens is 2. The second-order valence-corrected chi connectivity index (χ2v) is 4.28. The van der Waals surface area contributed by atoms with Gasteiger partial charge in [-0.3, -0.25) is 0 Å². The molecule has 0 unspecified atom stereocenters. The summed E-state index contributed by atoms with van der Waals surface area (Å²) in [6, 6.07) is 7.94. The van der Waals surface area contributed by atoms with Crippen LogP contribution in [0.15, 0.2) is 34.9 Å². The number of benzene rings is 1. The zero-order chi connectivity index (χ0) is 12.3. The van der Waals surface area contributed by atoms with E-state index in [4.69, 9.17) is 9.47 Å². The average molecular weight is 295 g/mol. The molecule has 2 rings (SSSR count). The van der Waals surface area contributed by atoms with Gasteiger partial charge in [-0.15, -0.1) is 0 Å². The lowest BCUT2D eigenvalue weighted by Crippen LogP contribution is -1.95. The van der Waals surface area contributed by atoms with Crippen molar-refractivity contribution < 1.29 is 9.47 Å². The number of hydrogen-bond acceptors (Lipinski definition) is 4. The molecule has 0 N–H and O–H groups in total. The average Bonchev–Trinajstić information content (AvgIpc) is 2.32. The van der Waals surface area contributed by atoms with Gasteiger partial charge in [0.2, 0.25) is 5.88 Å². The maximum Gasteiger partial charge on any atom is 0.325 e. The predicted molar refractivity (Wildman–Crippen MR) is 67.5 cm³/mol. The van der Waals surface area contributed by atoms with Crippen LogP contribution in [-0.2, 0) is 0 Å². The molecule has 0 saturated carbocycles. The number of rotatable bonds is 3. The highest BCUT2D eigenvalue weighted by Crippen LogP contribution is 2.25. The first-order valence-corrected chi connectivity index (χ1v) is 5.79. The third-order valence-corrected chi connectivity index (χ3v) is 2.63. The first kappa shape index (κ1) is 11.9. The van der Waals surface area contributed by atoms with Crippen molar-refractivity contribution in [1.82, 2.24) is 9.97 Å². The van der Waals surface area contributed by atoms with Crippen molar-refractivity contribution >= 4 is 15.9 Å². The van der Waals surface area contributed by atoms with Gasteiger partial charge >= 0.3 is 6.01 Å². The van der Waals surface area contributed by atoms with Gasteiger partial charge in [0.05, 0.1) is 17.8 Å². The minimum Gasteiger partial charge on any atom is -0.480 e. The van der Waals surface area contributed by atoms with Crippen molar-refractivity contribution in [3.63, 3.8) is 0 Å². The molecule has 0 fully saturated rings. The summed E-state index contributed by atoms with van der Waals surface area (Å²) in [6.07, 6.45) is 1.59. The van der Waals surface area contributed by atoms with Crippen LogP contribution in [0.25, 0.3) is 0 Å². The molecule has 0 atom stereocenters. The van der Waals surface area contributed by atoms with E-state index in [9.17, 15) is 0 Å². The minimum absolute atomic E-state index is 0.260. The molecule has 0 aliphatic rings. The van der Waals surface area contributed by atoms with E-state index in [1.807, 2.05) is 31.2 Å². The second-order valence-electron chi connectivity index (χ2n) is 3.43. The highest BCUT2D eigenvalue weighted by atomic mass is 79.9. The van der Waals surface area contributed by atoms with Crippen LogP contribution in [0.5, 0.6) is 17.6 Å². The molecule has 4 nitrogen and oxygen atoms in total. The first-order chi connectivity index (χ1) is 8.19. The molecule has 0 radical (unpaired) electrons. The number of methoxy groups -OCH3 is 1. The van der Waals surface area contributed by atoms with Gasteiger partial charge in [0, 0.05) is 0 Å². The minimum atomic E-state index is 0.260. The van der Waals surface area contributed by atoms with Crippen molar-refractivity contribution in [2.45, 2.75) is 6.92 Å². The highest BCUT2D eigenvalue weighted by Gasteiger charge is 2.06. The van der Waals surface area contributed by atoms with Crippen molar-refractivity contribution in [3.05, 3.63) is 40.5 Å². The molecule has 17 heavy (non-hydrogen) atoms. The summed E-state index contributed by atoms with van der Waals surface area (Å²) in [5.41, 5.74) is 1.12. The number of nitrogens with zero attached hydrogens (tertiary/aromatic N) is 2. The fraction of sp³-hybridized carbons (Fsp3) is 0.167. The van der Waals surface area contributed by atoms with Crippen LogP contribution in [0.3, 0.4) is 0 Å². The van der Waals surface area contributed by atoms with E-state index in [1.54, 1.807) is 13.3 Å². The van der Waals surface area contributed by atoms with Gasteiger partial charge in [0.25, 0.3) is 0 Å². The van der Waals surface area contributed by atoms with Crippen LogP contribution >= 0.6 is 15.9 Å². The molecule has 0 bridgehead atoms. The van der Waals surface area contributed by atoms with Crippen molar-refractivity contribution in [2.24, 2.45) is 0 Å². The molecule has 0 spiro atoms. The molecule has 88 valence electrons. The van der Waals surface area contributed by atoms with Crippen LogP contribution in [0.1, 0.15) is 5.56 Å². The summed E-state index contributed by atoms with van der Waals surface area (Å²) in [5.74, 6) is 1.15. The van der Waals surface area contributed by atoms with E-state index in [0.717, 1.165) is 5.56 Å². The maximum absolute atomic E-state index is 5.53. The predicted octanol–water partition coefficient (Wildman–Crippen LogP) is 3.35. The standard InChI is InChI=1S/C12H11BrN2O2/c1-8-4-3-5-9(6-8)17-12-14-7-10(13)11(15-12)16-2/h3-7H,1-2H3. The Hall–Kier alpha value is -1.62. The molecule has 0 aliphatic heterocycles. The number of halogens is 1. The zero-order valence-electron chi connectivity index (χ0n) is 9.48. The summed E-state index contributed by atoms with van der Waals surface area (Å²) in [6.45, 7) is 2.00. The molecule has 0 saturated heterocycles. The molecular formula is C12H11BrN2O2. The van der Waals surface area contributed by atoms with Crippen LogP contribution in [-0.4, -0.2) is 17.1 Å². The summed E-state index contributed by atoms with van der Waals surface area (Å²) in [5, 5.41) is 0.